The van der Waals surface area contributed by atoms with E-state index in [-0.39, 0.29) is 5.69 Å². The molecule has 106 valence electrons. The van der Waals surface area contributed by atoms with Gasteiger partial charge in [0.1, 0.15) is 11.9 Å². The van der Waals surface area contributed by atoms with Crippen LogP contribution >= 0.6 is 0 Å². The standard InChI is InChI=1S/C15H13N3O3/c1-9-2-7-12-13(8-9)17-15(16-12)14(19)10-3-5-11(6-4-10)18(20)21/h2-8,14,19H,1H3,(H,16,17). The molecule has 2 aromatic carbocycles. The van der Waals surface area contributed by atoms with Gasteiger partial charge in [-0.2, -0.15) is 0 Å². The molecule has 0 aliphatic carbocycles. The van der Waals surface area contributed by atoms with E-state index in [0.717, 1.165) is 16.6 Å². The Kier molecular flexibility index (Phi) is 3.15. The molecule has 0 amide bonds. The number of hydrogen-bond donors (Lipinski definition) is 2. The molecule has 21 heavy (non-hydrogen) atoms. The topological polar surface area (TPSA) is 92.1 Å². The van der Waals surface area contributed by atoms with Crippen LogP contribution in [0.25, 0.3) is 11.0 Å². The molecule has 0 bridgehead atoms. The summed E-state index contributed by atoms with van der Waals surface area (Å²) in [5, 5.41) is 21.0. The quantitative estimate of drug-likeness (QED) is 0.571. The van der Waals surface area contributed by atoms with Crippen molar-refractivity contribution in [2.24, 2.45) is 0 Å². The fourth-order valence-corrected chi connectivity index (χ4v) is 2.21. The van der Waals surface area contributed by atoms with Gasteiger partial charge in [-0.15, -0.1) is 0 Å². The van der Waals surface area contributed by atoms with Crippen LogP contribution in [0.4, 0.5) is 5.69 Å². The summed E-state index contributed by atoms with van der Waals surface area (Å²) in [4.78, 5) is 17.6. The summed E-state index contributed by atoms with van der Waals surface area (Å²) < 4.78 is 0. The lowest BCUT2D eigenvalue weighted by Crippen LogP contribution is -2.02. The van der Waals surface area contributed by atoms with E-state index < -0.39 is 11.0 Å². The zero-order valence-corrected chi connectivity index (χ0v) is 11.3. The number of H-pyrrole nitrogens is 1. The number of imidazole rings is 1. The van der Waals surface area contributed by atoms with Crippen molar-refractivity contribution in [2.75, 3.05) is 0 Å². The molecule has 0 aliphatic heterocycles. The highest BCUT2D eigenvalue weighted by Crippen LogP contribution is 2.24. The van der Waals surface area contributed by atoms with Crippen molar-refractivity contribution < 1.29 is 10.0 Å². The molecule has 0 fully saturated rings. The third-order valence-corrected chi connectivity index (χ3v) is 3.33. The first kappa shape index (κ1) is 13.3. The van der Waals surface area contributed by atoms with Crippen LogP contribution in [-0.4, -0.2) is 20.0 Å². The van der Waals surface area contributed by atoms with Crippen LogP contribution in [0.3, 0.4) is 0 Å². The summed E-state index contributed by atoms with van der Waals surface area (Å²) in [6.45, 7) is 1.98. The van der Waals surface area contributed by atoms with E-state index in [4.69, 9.17) is 0 Å². The van der Waals surface area contributed by atoms with Crippen LogP contribution in [0, 0.1) is 17.0 Å². The number of nitrogens with one attached hydrogen (secondary N) is 1. The highest BCUT2D eigenvalue weighted by Gasteiger charge is 2.16. The Labute approximate surface area is 120 Å². The first-order chi connectivity index (χ1) is 10.0. The Morgan fingerprint density at radius 2 is 1.95 bits per heavy atom. The molecule has 0 aliphatic rings. The highest BCUT2D eigenvalue weighted by molar-refractivity contribution is 5.76. The normalized spacial score (nSPS) is 12.5. The van der Waals surface area contributed by atoms with Crippen LogP contribution in [0.15, 0.2) is 42.5 Å². The van der Waals surface area contributed by atoms with Gasteiger partial charge in [-0.3, -0.25) is 10.1 Å². The number of nitrogens with zero attached hydrogens (tertiary/aromatic N) is 2. The molecule has 1 aromatic heterocycles. The van der Waals surface area contributed by atoms with E-state index in [2.05, 4.69) is 9.97 Å². The summed E-state index contributed by atoms with van der Waals surface area (Å²) in [5.41, 5.74) is 3.27. The van der Waals surface area contributed by atoms with Crippen molar-refractivity contribution in [3.8, 4) is 0 Å². The lowest BCUT2D eigenvalue weighted by Gasteiger charge is -2.07. The zero-order chi connectivity index (χ0) is 15.0. The Bertz CT molecular complexity index is 809. The number of nitro benzene ring substituents is 1. The number of aliphatic hydroxyl groups is 1. The Morgan fingerprint density at radius 3 is 2.62 bits per heavy atom. The fourth-order valence-electron chi connectivity index (χ4n) is 2.21. The highest BCUT2D eigenvalue weighted by atomic mass is 16.6. The second-order valence-electron chi connectivity index (χ2n) is 4.89. The van der Waals surface area contributed by atoms with E-state index in [1.165, 1.54) is 24.3 Å². The predicted molar refractivity (Wildman–Crippen MR) is 78.0 cm³/mol. The van der Waals surface area contributed by atoms with E-state index in [1.807, 2.05) is 25.1 Å². The molecule has 0 radical (unpaired) electrons. The lowest BCUT2D eigenvalue weighted by molar-refractivity contribution is -0.384. The molecule has 6 heteroatoms. The van der Waals surface area contributed by atoms with Crippen molar-refractivity contribution in [2.45, 2.75) is 13.0 Å². The van der Waals surface area contributed by atoms with Gasteiger partial charge < -0.3 is 10.1 Å². The maximum absolute atomic E-state index is 10.6. The number of aliphatic hydroxyl groups excluding tert-OH is 1. The number of nitro groups is 1. The van der Waals surface area contributed by atoms with Crippen LogP contribution < -0.4 is 0 Å². The molecule has 2 N–H and O–H groups in total. The number of non-ortho nitro benzene ring substituents is 1. The predicted octanol–water partition coefficient (Wildman–Crippen LogP) is 2.86. The molecule has 3 rings (SSSR count). The third-order valence-electron chi connectivity index (χ3n) is 3.33. The Morgan fingerprint density at radius 1 is 1.24 bits per heavy atom. The molecule has 1 heterocycles. The molecular weight excluding hydrogens is 270 g/mol. The summed E-state index contributed by atoms with van der Waals surface area (Å²) in [6.07, 6.45) is -0.946. The minimum absolute atomic E-state index is 0.00817. The van der Waals surface area contributed by atoms with Gasteiger partial charge in [-0.1, -0.05) is 6.07 Å². The molecule has 0 saturated heterocycles. The summed E-state index contributed by atoms with van der Waals surface area (Å²) in [6, 6.07) is 11.6. The summed E-state index contributed by atoms with van der Waals surface area (Å²) in [5.74, 6) is 0.421. The number of aromatic amines is 1. The second-order valence-corrected chi connectivity index (χ2v) is 4.89. The number of aromatic nitrogens is 2. The zero-order valence-electron chi connectivity index (χ0n) is 11.3. The van der Waals surface area contributed by atoms with Gasteiger partial charge in [-0.25, -0.2) is 4.98 Å². The molecule has 0 saturated carbocycles. The maximum atomic E-state index is 10.6. The van der Waals surface area contributed by atoms with Gasteiger partial charge in [-0.05, 0) is 42.3 Å². The number of benzene rings is 2. The molecule has 0 spiro atoms. The summed E-state index contributed by atoms with van der Waals surface area (Å²) in [7, 11) is 0. The van der Waals surface area contributed by atoms with Crippen molar-refractivity contribution in [3.05, 3.63) is 69.5 Å². The average Bonchev–Trinajstić information content (AvgIpc) is 2.89. The van der Waals surface area contributed by atoms with E-state index >= 15 is 0 Å². The summed E-state index contributed by atoms with van der Waals surface area (Å²) >= 11 is 0. The van der Waals surface area contributed by atoms with Gasteiger partial charge in [0.25, 0.3) is 5.69 Å². The van der Waals surface area contributed by atoms with E-state index in [1.54, 1.807) is 0 Å². The van der Waals surface area contributed by atoms with Crippen molar-refractivity contribution >= 4 is 16.7 Å². The van der Waals surface area contributed by atoms with Crippen LogP contribution in [0.2, 0.25) is 0 Å². The van der Waals surface area contributed by atoms with Gasteiger partial charge >= 0.3 is 0 Å². The van der Waals surface area contributed by atoms with Crippen LogP contribution in [0.1, 0.15) is 23.1 Å². The maximum Gasteiger partial charge on any atom is 0.269 e. The third kappa shape index (κ3) is 2.48. The minimum Gasteiger partial charge on any atom is -0.380 e. The Balaban J connectivity index is 1.95. The van der Waals surface area contributed by atoms with Gasteiger partial charge in [0.15, 0.2) is 0 Å². The van der Waals surface area contributed by atoms with Crippen LogP contribution in [-0.2, 0) is 0 Å². The van der Waals surface area contributed by atoms with Gasteiger partial charge in [0, 0.05) is 12.1 Å². The first-order valence-electron chi connectivity index (χ1n) is 6.43. The Hall–Kier alpha value is -2.73. The molecule has 6 nitrogen and oxygen atoms in total. The number of aryl methyl sites for hydroxylation is 1. The SMILES string of the molecule is Cc1ccc2nc(C(O)c3ccc([N+](=O)[O-])cc3)[nH]c2c1. The molecule has 1 unspecified atom stereocenters. The smallest absolute Gasteiger partial charge is 0.269 e. The largest absolute Gasteiger partial charge is 0.380 e. The fraction of sp³-hybridized carbons (Fsp3) is 0.133. The van der Waals surface area contributed by atoms with Crippen molar-refractivity contribution in [1.29, 1.82) is 0 Å². The number of fused-ring (bicyclic) bond motifs is 1. The van der Waals surface area contributed by atoms with Gasteiger partial charge in [0.05, 0.1) is 16.0 Å². The van der Waals surface area contributed by atoms with E-state index in [0.29, 0.717) is 11.4 Å². The molecule has 1 atom stereocenters. The second kappa shape index (κ2) is 4.99. The van der Waals surface area contributed by atoms with Crippen molar-refractivity contribution in [3.63, 3.8) is 0 Å². The van der Waals surface area contributed by atoms with Gasteiger partial charge in [0.2, 0.25) is 0 Å². The van der Waals surface area contributed by atoms with Crippen molar-refractivity contribution in [1.82, 2.24) is 9.97 Å². The number of hydrogen-bond acceptors (Lipinski definition) is 4. The molecule has 3 aromatic rings. The molecular formula is C15H13N3O3. The monoisotopic (exact) mass is 283 g/mol. The number of rotatable bonds is 3. The lowest BCUT2D eigenvalue weighted by atomic mass is 10.1. The minimum atomic E-state index is -0.946. The van der Waals surface area contributed by atoms with E-state index in [9.17, 15) is 15.2 Å². The first-order valence-corrected chi connectivity index (χ1v) is 6.43. The van der Waals surface area contributed by atoms with Crippen LogP contribution in [0.5, 0.6) is 0 Å². The average molecular weight is 283 g/mol.